The molecule has 0 radical (unpaired) electrons. The summed E-state index contributed by atoms with van der Waals surface area (Å²) in [5, 5.41) is 0. The first-order chi connectivity index (χ1) is 22.4. The van der Waals surface area contributed by atoms with Gasteiger partial charge in [0, 0.05) is 26.1 Å². The minimum absolute atomic E-state index is 0.0117. The molecule has 0 N–H and O–H groups in total. The standard InChI is InChI=1S/C42H70O3/c1-3-5-7-9-11-13-15-17-19-21-23-25-27-32-36-43-39-42(40-44-38-41-34-30-29-31-35-41)45-37-33-28-26-24-22-20-18-16-14-12-10-8-6-4-2/h1-2,29-31,34-35,42H,5-28,32-33,36-40H2. The largest absolute Gasteiger partial charge is 0.379 e. The summed E-state index contributed by atoms with van der Waals surface area (Å²) in [5.41, 5.74) is 1.20. The topological polar surface area (TPSA) is 27.7 Å². The molecule has 0 saturated carbocycles. The molecule has 1 unspecified atom stereocenters. The molecule has 1 aromatic rings. The lowest BCUT2D eigenvalue weighted by Crippen LogP contribution is -2.26. The molecular formula is C42H70O3. The third-order valence-corrected chi connectivity index (χ3v) is 8.65. The highest BCUT2D eigenvalue weighted by Crippen LogP contribution is 2.14. The Morgan fingerprint density at radius 2 is 0.822 bits per heavy atom. The van der Waals surface area contributed by atoms with E-state index in [1.807, 2.05) is 6.07 Å². The molecule has 0 bridgehead atoms. The van der Waals surface area contributed by atoms with E-state index in [2.05, 4.69) is 36.1 Å². The molecule has 45 heavy (non-hydrogen) atoms. The summed E-state index contributed by atoms with van der Waals surface area (Å²) < 4.78 is 18.3. The molecule has 0 aliphatic rings. The zero-order valence-electron chi connectivity index (χ0n) is 29.3. The van der Waals surface area contributed by atoms with Gasteiger partial charge in [0.15, 0.2) is 0 Å². The van der Waals surface area contributed by atoms with Crippen molar-refractivity contribution in [3.63, 3.8) is 0 Å². The van der Waals surface area contributed by atoms with E-state index in [0.29, 0.717) is 19.8 Å². The molecule has 0 spiro atoms. The van der Waals surface area contributed by atoms with Crippen LogP contribution in [0.3, 0.4) is 0 Å². The van der Waals surface area contributed by atoms with Crippen LogP contribution in [0.2, 0.25) is 0 Å². The van der Waals surface area contributed by atoms with Crippen molar-refractivity contribution in [3.8, 4) is 24.7 Å². The van der Waals surface area contributed by atoms with Crippen LogP contribution in [0.4, 0.5) is 0 Å². The molecule has 0 aromatic heterocycles. The lowest BCUT2D eigenvalue weighted by molar-refractivity contribution is -0.0645. The first kappa shape index (κ1) is 41.2. The number of hydrogen-bond acceptors (Lipinski definition) is 3. The summed E-state index contributed by atoms with van der Waals surface area (Å²) in [5.74, 6) is 5.47. The summed E-state index contributed by atoms with van der Waals surface area (Å²) in [6.07, 6.45) is 44.2. The summed E-state index contributed by atoms with van der Waals surface area (Å²) >= 11 is 0. The Labute approximate surface area is 280 Å². The lowest BCUT2D eigenvalue weighted by atomic mass is 10.0. The Kier molecular flexibility index (Phi) is 32.2. The molecule has 0 aliphatic heterocycles. The minimum atomic E-state index is 0.0117. The maximum Gasteiger partial charge on any atom is 0.104 e. The van der Waals surface area contributed by atoms with Gasteiger partial charge < -0.3 is 14.2 Å². The number of terminal acetylenes is 2. The van der Waals surface area contributed by atoms with Crippen LogP contribution in [-0.4, -0.2) is 32.5 Å². The van der Waals surface area contributed by atoms with Gasteiger partial charge in [-0.05, 0) is 31.2 Å². The second-order valence-electron chi connectivity index (χ2n) is 13.0. The molecular weight excluding hydrogens is 552 g/mol. The normalized spacial score (nSPS) is 11.8. The second kappa shape index (κ2) is 35.1. The molecule has 1 rings (SSSR count). The minimum Gasteiger partial charge on any atom is -0.379 e. The van der Waals surface area contributed by atoms with E-state index >= 15 is 0 Å². The van der Waals surface area contributed by atoms with Gasteiger partial charge in [0.25, 0.3) is 0 Å². The van der Waals surface area contributed by atoms with Crippen molar-refractivity contribution >= 4 is 0 Å². The van der Waals surface area contributed by atoms with Crippen molar-refractivity contribution in [1.29, 1.82) is 0 Å². The van der Waals surface area contributed by atoms with E-state index in [4.69, 9.17) is 27.1 Å². The fourth-order valence-electron chi connectivity index (χ4n) is 5.79. The van der Waals surface area contributed by atoms with Gasteiger partial charge in [0.1, 0.15) is 6.10 Å². The fraction of sp³-hybridized carbons (Fsp3) is 0.762. The highest BCUT2D eigenvalue weighted by atomic mass is 16.6. The zero-order chi connectivity index (χ0) is 32.1. The van der Waals surface area contributed by atoms with Crippen molar-refractivity contribution in [2.75, 3.05) is 26.4 Å². The van der Waals surface area contributed by atoms with E-state index in [1.165, 1.54) is 147 Å². The summed E-state index contributed by atoms with van der Waals surface area (Å²) in [6, 6.07) is 10.4. The third kappa shape index (κ3) is 30.6. The molecule has 256 valence electrons. The van der Waals surface area contributed by atoms with Crippen molar-refractivity contribution in [2.24, 2.45) is 0 Å². The molecule has 1 aromatic carbocycles. The Hall–Kier alpha value is -1.78. The quantitative estimate of drug-likeness (QED) is 0.0557. The molecule has 3 heteroatoms. The molecule has 0 heterocycles. The smallest absolute Gasteiger partial charge is 0.104 e. The van der Waals surface area contributed by atoms with Gasteiger partial charge in [-0.1, -0.05) is 159 Å². The predicted octanol–water partition coefficient (Wildman–Crippen LogP) is 12.0. The van der Waals surface area contributed by atoms with Gasteiger partial charge in [-0.3, -0.25) is 0 Å². The van der Waals surface area contributed by atoms with Crippen molar-refractivity contribution in [3.05, 3.63) is 35.9 Å². The van der Waals surface area contributed by atoms with Crippen LogP contribution in [-0.2, 0) is 20.8 Å². The first-order valence-corrected chi connectivity index (χ1v) is 19.0. The third-order valence-electron chi connectivity index (χ3n) is 8.65. The second-order valence-corrected chi connectivity index (χ2v) is 13.0. The summed E-state index contributed by atoms with van der Waals surface area (Å²) in [4.78, 5) is 0. The Bertz CT molecular complexity index is 792. The van der Waals surface area contributed by atoms with E-state index in [1.54, 1.807) is 0 Å². The van der Waals surface area contributed by atoms with E-state index in [0.717, 1.165) is 38.9 Å². The van der Waals surface area contributed by atoms with Gasteiger partial charge in [-0.15, -0.1) is 24.7 Å². The fourth-order valence-corrected chi connectivity index (χ4v) is 5.79. The molecule has 0 amide bonds. The van der Waals surface area contributed by atoms with Crippen LogP contribution in [0.25, 0.3) is 0 Å². The molecule has 3 nitrogen and oxygen atoms in total. The SMILES string of the molecule is C#CCCCCCCCCCCCCCCOCC(COCc1ccccc1)OCCCCCCCCCCCCCCC#C. The van der Waals surface area contributed by atoms with E-state index in [-0.39, 0.29) is 6.10 Å². The number of rotatable bonds is 35. The molecule has 0 fully saturated rings. The van der Waals surface area contributed by atoms with Gasteiger partial charge in [-0.25, -0.2) is 0 Å². The Morgan fingerprint density at radius 3 is 1.27 bits per heavy atom. The molecule has 1 atom stereocenters. The van der Waals surface area contributed by atoms with Crippen molar-refractivity contribution in [2.45, 2.75) is 180 Å². The van der Waals surface area contributed by atoms with Crippen LogP contribution in [0.15, 0.2) is 30.3 Å². The first-order valence-electron chi connectivity index (χ1n) is 19.0. The highest BCUT2D eigenvalue weighted by Gasteiger charge is 2.10. The average Bonchev–Trinajstić information content (AvgIpc) is 3.06. The van der Waals surface area contributed by atoms with Crippen LogP contribution in [0.1, 0.15) is 173 Å². The highest BCUT2D eigenvalue weighted by molar-refractivity contribution is 5.13. The summed E-state index contributed by atoms with van der Waals surface area (Å²) in [7, 11) is 0. The average molecular weight is 623 g/mol. The van der Waals surface area contributed by atoms with Crippen molar-refractivity contribution < 1.29 is 14.2 Å². The van der Waals surface area contributed by atoms with E-state index < -0.39 is 0 Å². The monoisotopic (exact) mass is 623 g/mol. The Balaban J connectivity index is 2.03. The van der Waals surface area contributed by atoms with Gasteiger partial charge in [0.2, 0.25) is 0 Å². The number of benzene rings is 1. The van der Waals surface area contributed by atoms with Crippen LogP contribution in [0.5, 0.6) is 0 Å². The predicted molar refractivity (Wildman–Crippen MR) is 194 cm³/mol. The van der Waals surface area contributed by atoms with E-state index in [9.17, 15) is 0 Å². The van der Waals surface area contributed by atoms with Crippen LogP contribution in [0, 0.1) is 24.7 Å². The molecule has 0 aliphatic carbocycles. The summed E-state index contributed by atoms with van der Waals surface area (Å²) in [6.45, 7) is 3.46. The van der Waals surface area contributed by atoms with Gasteiger partial charge >= 0.3 is 0 Å². The van der Waals surface area contributed by atoms with Crippen LogP contribution >= 0.6 is 0 Å². The van der Waals surface area contributed by atoms with Crippen LogP contribution < -0.4 is 0 Å². The number of ether oxygens (including phenoxy) is 3. The van der Waals surface area contributed by atoms with Gasteiger partial charge in [-0.2, -0.15) is 0 Å². The van der Waals surface area contributed by atoms with Gasteiger partial charge in [0.05, 0.1) is 19.8 Å². The maximum absolute atomic E-state index is 6.24. The van der Waals surface area contributed by atoms with Crippen molar-refractivity contribution in [1.82, 2.24) is 0 Å². The zero-order valence-corrected chi connectivity index (χ0v) is 29.3. The lowest BCUT2D eigenvalue weighted by Gasteiger charge is -2.18. The molecule has 0 saturated heterocycles. The Morgan fingerprint density at radius 1 is 0.444 bits per heavy atom. The number of unbranched alkanes of at least 4 members (excludes halogenated alkanes) is 24. The maximum atomic E-state index is 6.24. The number of hydrogen-bond donors (Lipinski definition) is 0.